The van der Waals surface area contributed by atoms with Gasteiger partial charge in [0.25, 0.3) is 0 Å². The maximum absolute atomic E-state index is 13.5. The van der Waals surface area contributed by atoms with Crippen LogP contribution >= 0.6 is 23.2 Å². The minimum atomic E-state index is -1.17. The van der Waals surface area contributed by atoms with Gasteiger partial charge in [0.1, 0.15) is 5.82 Å². The lowest BCUT2D eigenvalue weighted by Gasteiger charge is -2.36. The highest BCUT2D eigenvalue weighted by Crippen LogP contribution is 2.40. The average molecular weight is 293 g/mol. The molecule has 1 aliphatic rings. The van der Waals surface area contributed by atoms with Gasteiger partial charge in [0.15, 0.2) is 0 Å². The average Bonchev–Trinajstić information content (AvgIpc) is 2.34. The zero-order valence-electron chi connectivity index (χ0n) is 10.0. The first kappa shape index (κ1) is 14.1. The van der Waals surface area contributed by atoms with Gasteiger partial charge in [0.05, 0.1) is 10.6 Å². The molecule has 18 heavy (non-hydrogen) atoms. The Morgan fingerprint density at radius 3 is 2.50 bits per heavy atom. The van der Waals surface area contributed by atoms with E-state index in [2.05, 4.69) is 0 Å². The van der Waals surface area contributed by atoms with Gasteiger partial charge in [-0.3, -0.25) is 0 Å². The Kier molecular flexibility index (Phi) is 4.17. The van der Waals surface area contributed by atoms with E-state index in [1.165, 1.54) is 12.1 Å². The normalized spacial score (nSPS) is 20.7. The SMILES string of the molecule is CC(O)(c1cc(F)c(Cl)cc1Cl)C1CCOCC1. The second kappa shape index (κ2) is 5.33. The molecule has 1 fully saturated rings. The number of rotatable bonds is 2. The third-order valence-electron chi connectivity index (χ3n) is 3.57. The number of ether oxygens (including phenoxy) is 1. The van der Waals surface area contributed by atoms with Crippen LogP contribution in [0.2, 0.25) is 10.0 Å². The summed E-state index contributed by atoms with van der Waals surface area (Å²) in [5.41, 5.74) is -0.787. The summed E-state index contributed by atoms with van der Waals surface area (Å²) in [6, 6.07) is 2.56. The van der Waals surface area contributed by atoms with Crippen LogP contribution in [0.15, 0.2) is 12.1 Å². The minimum absolute atomic E-state index is 0.00401. The van der Waals surface area contributed by atoms with E-state index in [9.17, 15) is 9.50 Å². The van der Waals surface area contributed by atoms with Crippen molar-refractivity contribution < 1.29 is 14.2 Å². The molecule has 1 aromatic carbocycles. The first-order chi connectivity index (χ1) is 8.43. The molecule has 0 amide bonds. The molecule has 0 radical (unpaired) electrons. The maximum atomic E-state index is 13.5. The molecule has 0 bridgehead atoms. The van der Waals surface area contributed by atoms with Gasteiger partial charge < -0.3 is 9.84 Å². The van der Waals surface area contributed by atoms with E-state index in [0.29, 0.717) is 18.8 Å². The lowest BCUT2D eigenvalue weighted by Crippen LogP contribution is -2.36. The summed E-state index contributed by atoms with van der Waals surface area (Å²) in [4.78, 5) is 0. The van der Waals surface area contributed by atoms with Gasteiger partial charge in [0.2, 0.25) is 0 Å². The molecule has 1 N–H and O–H groups in total. The van der Waals surface area contributed by atoms with Crippen molar-refractivity contribution in [2.24, 2.45) is 5.92 Å². The molecule has 0 saturated carbocycles. The molecule has 100 valence electrons. The largest absolute Gasteiger partial charge is 0.385 e. The Labute approximate surface area is 116 Å². The van der Waals surface area contributed by atoms with Gasteiger partial charge >= 0.3 is 0 Å². The lowest BCUT2D eigenvalue weighted by atomic mass is 9.78. The summed E-state index contributed by atoms with van der Waals surface area (Å²) in [6.07, 6.45) is 1.46. The van der Waals surface area contributed by atoms with E-state index in [-0.39, 0.29) is 16.0 Å². The molecule has 1 saturated heterocycles. The van der Waals surface area contributed by atoms with Crippen LogP contribution in [-0.4, -0.2) is 18.3 Å². The summed E-state index contributed by atoms with van der Waals surface area (Å²) in [7, 11) is 0. The molecule has 1 atom stereocenters. The Hall–Kier alpha value is -0.350. The molecular formula is C13H15Cl2FO2. The minimum Gasteiger partial charge on any atom is -0.385 e. The van der Waals surface area contributed by atoms with Crippen molar-refractivity contribution in [2.45, 2.75) is 25.4 Å². The third-order valence-corrected chi connectivity index (χ3v) is 4.17. The Balaban J connectivity index is 2.36. The highest BCUT2D eigenvalue weighted by molar-refractivity contribution is 6.35. The molecule has 2 nitrogen and oxygen atoms in total. The third kappa shape index (κ3) is 2.64. The van der Waals surface area contributed by atoms with Crippen molar-refractivity contribution in [1.29, 1.82) is 0 Å². The van der Waals surface area contributed by atoms with E-state index < -0.39 is 11.4 Å². The fourth-order valence-electron chi connectivity index (χ4n) is 2.39. The van der Waals surface area contributed by atoms with Crippen molar-refractivity contribution in [3.05, 3.63) is 33.6 Å². The Morgan fingerprint density at radius 1 is 1.28 bits per heavy atom. The maximum Gasteiger partial charge on any atom is 0.142 e. The van der Waals surface area contributed by atoms with Gasteiger partial charge in [-0.25, -0.2) is 4.39 Å². The fourth-order valence-corrected chi connectivity index (χ4v) is 2.96. The molecule has 0 aliphatic carbocycles. The van der Waals surface area contributed by atoms with Gasteiger partial charge in [0, 0.05) is 23.8 Å². The molecule has 0 aromatic heterocycles. The highest BCUT2D eigenvalue weighted by atomic mass is 35.5. The summed E-state index contributed by atoms with van der Waals surface area (Å²) < 4.78 is 18.8. The standard InChI is InChI=1S/C13H15Cl2FO2/c1-13(17,8-2-4-18-5-3-8)9-6-12(16)11(15)7-10(9)14/h6-8,17H,2-5H2,1H3. The van der Waals surface area contributed by atoms with Gasteiger partial charge in [-0.15, -0.1) is 0 Å². The van der Waals surface area contributed by atoms with Crippen LogP contribution in [0.4, 0.5) is 4.39 Å². The van der Waals surface area contributed by atoms with Crippen molar-refractivity contribution in [1.82, 2.24) is 0 Å². The van der Waals surface area contributed by atoms with Crippen molar-refractivity contribution in [2.75, 3.05) is 13.2 Å². The first-order valence-corrected chi connectivity index (χ1v) is 6.63. The number of hydrogen-bond donors (Lipinski definition) is 1. The Bertz CT molecular complexity index is 443. The van der Waals surface area contributed by atoms with Crippen molar-refractivity contribution >= 4 is 23.2 Å². The molecule has 1 aromatic rings. The lowest BCUT2D eigenvalue weighted by molar-refractivity contribution is -0.0580. The summed E-state index contributed by atoms with van der Waals surface area (Å²) in [5.74, 6) is -0.562. The molecule has 1 unspecified atom stereocenters. The molecule has 0 spiro atoms. The van der Waals surface area contributed by atoms with Crippen molar-refractivity contribution in [3.63, 3.8) is 0 Å². The summed E-state index contributed by atoms with van der Waals surface area (Å²) in [6.45, 7) is 2.88. The number of benzene rings is 1. The van der Waals surface area contributed by atoms with Crippen LogP contribution in [-0.2, 0) is 10.3 Å². The highest BCUT2D eigenvalue weighted by Gasteiger charge is 2.36. The van der Waals surface area contributed by atoms with E-state index >= 15 is 0 Å². The quantitative estimate of drug-likeness (QED) is 0.841. The van der Waals surface area contributed by atoms with E-state index in [0.717, 1.165) is 12.8 Å². The Morgan fingerprint density at radius 2 is 1.89 bits per heavy atom. The molecule has 1 aliphatic heterocycles. The number of halogens is 3. The van der Waals surface area contributed by atoms with Gasteiger partial charge in [-0.05, 0) is 37.8 Å². The molecule has 1 heterocycles. The molecule has 5 heteroatoms. The van der Waals surface area contributed by atoms with Crippen LogP contribution in [0.3, 0.4) is 0 Å². The summed E-state index contributed by atoms with van der Waals surface area (Å²) >= 11 is 11.7. The van der Waals surface area contributed by atoms with Gasteiger partial charge in [-0.2, -0.15) is 0 Å². The first-order valence-electron chi connectivity index (χ1n) is 5.88. The van der Waals surface area contributed by atoms with Crippen LogP contribution in [0.5, 0.6) is 0 Å². The van der Waals surface area contributed by atoms with Crippen LogP contribution in [0.25, 0.3) is 0 Å². The molecule has 2 rings (SSSR count). The smallest absolute Gasteiger partial charge is 0.142 e. The number of aliphatic hydroxyl groups is 1. The van der Waals surface area contributed by atoms with E-state index in [1.54, 1.807) is 6.92 Å². The van der Waals surface area contributed by atoms with Crippen LogP contribution < -0.4 is 0 Å². The number of hydrogen-bond acceptors (Lipinski definition) is 2. The topological polar surface area (TPSA) is 29.5 Å². The van der Waals surface area contributed by atoms with E-state index in [4.69, 9.17) is 27.9 Å². The van der Waals surface area contributed by atoms with Crippen molar-refractivity contribution in [3.8, 4) is 0 Å². The monoisotopic (exact) mass is 292 g/mol. The van der Waals surface area contributed by atoms with E-state index in [1.807, 2.05) is 0 Å². The predicted octanol–water partition coefficient (Wildman–Crippen LogP) is 3.77. The summed E-state index contributed by atoms with van der Waals surface area (Å²) in [5, 5.41) is 10.9. The van der Waals surface area contributed by atoms with Crippen LogP contribution in [0.1, 0.15) is 25.3 Å². The van der Waals surface area contributed by atoms with Gasteiger partial charge in [-0.1, -0.05) is 23.2 Å². The molecular weight excluding hydrogens is 278 g/mol. The zero-order valence-corrected chi connectivity index (χ0v) is 11.6. The second-order valence-electron chi connectivity index (χ2n) is 4.78. The zero-order chi connectivity index (χ0) is 13.3. The fraction of sp³-hybridized carbons (Fsp3) is 0.538. The van der Waals surface area contributed by atoms with Crippen LogP contribution in [0, 0.1) is 11.7 Å². The predicted molar refractivity (Wildman–Crippen MR) is 69.5 cm³/mol. The second-order valence-corrected chi connectivity index (χ2v) is 5.59.